The number of likely N-dealkylation sites (tertiary alicyclic amines) is 1. The quantitative estimate of drug-likeness (QED) is 0.632. The molecule has 0 spiro atoms. The van der Waals surface area contributed by atoms with Crippen LogP contribution < -0.4 is 10.6 Å². The van der Waals surface area contributed by atoms with Gasteiger partial charge in [0.1, 0.15) is 0 Å². The van der Waals surface area contributed by atoms with Crippen LogP contribution >= 0.6 is 27.3 Å². The molecule has 6 heteroatoms. The van der Waals surface area contributed by atoms with Crippen molar-refractivity contribution >= 4 is 33.2 Å². The normalized spacial score (nSPS) is 27.1. The first-order chi connectivity index (χ1) is 10.2. The topological polar surface area (TPSA) is 39.7 Å². The lowest BCUT2D eigenvalue weighted by atomic mass is 10.1. The molecule has 2 heterocycles. The zero-order chi connectivity index (χ0) is 14.8. The van der Waals surface area contributed by atoms with Gasteiger partial charge in [-0.1, -0.05) is 6.92 Å². The summed E-state index contributed by atoms with van der Waals surface area (Å²) in [5.41, 5.74) is 1.29. The maximum absolute atomic E-state index is 4.36. The molecule has 21 heavy (non-hydrogen) atoms. The van der Waals surface area contributed by atoms with Crippen LogP contribution in [0, 0.1) is 5.92 Å². The summed E-state index contributed by atoms with van der Waals surface area (Å²) in [7, 11) is 1.84. The largest absolute Gasteiger partial charge is 0.352 e. The van der Waals surface area contributed by atoms with Crippen LogP contribution in [0.5, 0.6) is 0 Å². The highest BCUT2D eigenvalue weighted by molar-refractivity contribution is 9.11. The minimum atomic E-state index is 0.506. The summed E-state index contributed by atoms with van der Waals surface area (Å²) in [6, 6.07) is 3.52. The highest BCUT2D eigenvalue weighted by atomic mass is 79.9. The number of aliphatic imine (C=N–C) groups is 1. The van der Waals surface area contributed by atoms with Crippen LogP contribution in [-0.2, 0) is 6.54 Å². The maximum Gasteiger partial charge on any atom is 0.191 e. The molecule has 0 radical (unpaired) electrons. The number of hydrogen-bond acceptors (Lipinski definition) is 3. The summed E-state index contributed by atoms with van der Waals surface area (Å²) in [4.78, 5) is 6.99. The lowest BCUT2D eigenvalue weighted by Gasteiger charge is -2.20. The van der Waals surface area contributed by atoms with Gasteiger partial charge in [-0.25, -0.2) is 0 Å². The molecule has 1 aromatic heterocycles. The van der Waals surface area contributed by atoms with Crippen molar-refractivity contribution in [2.75, 3.05) is 20.1 Å². The molecule has 1 saturated carbocycles. The van der Waals surface area contributed by atoms with Crippen molar-refractivity contribution in [3.63, 3.8) is 0 Å². The summed E-state index contributed by atoms with van der Waals surface area (Å²) in [5.74, 6) is 1.59. The third-order valence-corrected chi connectivity index (χ3v) is 5.88. The molecule has 0 amide bonds. The van der Waals surface area contributed by atoms with Crippen molar-refractivity contribution in [1.29, 1.82) is 0 Å². The van der Waals surface area contributed by atoms with Gasteiger partial charge in [-0.15, -0.1) is 11.3 Å². The average molecular weight is 371 g/mol. The van der Waals surface area contributed by atoms with Gasteiger partial charge < -0.3 is 10.6 Å². The molecule has 4 nitrogen and oxygen atoms in total. The molecule has 116 valence electrons. The molecule has 2 aliphatic rings. The Kier molecular flexibility index (Phi) is 4.86. The number of nitrogens with one attached hydrogen (secondary N) is 2. The number of nitrogens with zero attached hydrogens (tertiary/aromatic N) is 2. The SMILES string of the molecule is CN=C(NCc1csc(Br)c1)NC1CN(C2CC2)CC1C. The molecule has 2 unspecified atom stereocenters. The molecule has 3 rings (SSSR count). The summed E-state index contributed by atoms with van der Waals surface area (Å²) < 4.78 is 1.17. The summed E-state index contributed by atoms with van der Waals surface area (Å²) >= 11 is 5.22. The van der Waals surface area contributed by atoms with Crippen molar-refractivity contribution in [2.24, 2.45) is 10.9 Å². The van der Waals surface area contributed by atoms with E-state index in [1.165, 1.54) is 28.7 Å². The average Bonchev–Trinajstić information content (AvgIpc) is 3.14. The highest BCUT2D eigenvalue weighted by Crippen LogP contribution is 2.31. The molecule has 1 aromatic rings. The van der Waals surface area contributed by atoms with E-state index >= 15 is 0 Å². The third-order valence-electron chi connectivity index (χ3n) is 4.33. The fraction of sp³-hybridized carbons (Fsp3) is 0.667. The summed E-state index contributed by atoms with van der Waals surface area (Å²) in [5, 5.41) is 9.17. The third kappa shape index (κ3) is 3.99. The van der Waals surface area contributed by atoms with E-state index < -0.39 is 0 Å². The van der Waals surface area contributed by atoms with Crippen molar-refractivity contribution in [2.45, 2.75) is 38.4 Å². The Morgan fingerprint density at radius 2 is 2.29 bits per heavy atom. The van der Waals surface area contributed by atoms with Crippen molar-refractivity contribution in [1.82, 2.24) is 15.5 Å². The molecular weight excluding hydrogens is 348 g/mol. The molecule has 1 aliphatic carbocycles. The van der Waals surface area contributed by atoms with Crippen LogP contribution in [0.1, 0.15) is 25.3 Å². The molecule has 1 aliphatic heterocycles. The monoisotopic (exact) mass is 370 g/mol. The van der Waals surface area contributed by atoms with Crippen molar-refractivity contribution < 1.29 is 0 Å². The van der Waals surface area contributed by atoms with Crippen LogP contribution in [0.15, 0.2) is 20.2 Å². The second kappa shape index (κ2) is 6.67. The highest BCUT2D eigenvalue weighted by Gasteiger charge is 2.38. The van der Waals surface area contributed by atoms with E-state index in [0.29, 0.717) is 12.0 Å². The first kappa shape index (κ1) is 15.3. The van der Waals surface area contributed by atoms with Gasteiger partial charge in [0.15, 0.2) is 5.96 Å². The number of thiophene rings is 1. The van der Waals surface area contributed by atoms with Crippen molar-refractivity contribution in [3.05, 3.63) is 20.8 Å². The number of rotatable bonds is 4. The van der Waals surface area contributed by atoms with Gasteiger partial charge in [-0.2, -0.15) is 0 Å². The minimum absolute atomic E-state index is 0.506. The Hall–Kier alpha value is -0.590. The molecule has 2 atom stereocenters. The Labute approximate surface area is 139 Å². The summed E-state index contributed by atoms with van der Waals surface area (Å²) in [6.45, 7) is 5.52. The van der Waals surface area contributed by atoms with Crippen LogP contribution in [0.3, 0.4) is 0 Å². The standard InChI is InChI=1S/C15H23BrN4S/c1-10-7-20(12-3-4-12)8-13(10)19-15(17-2)18-6-11-5-14(16)21-9-11/h5,9-10,12-13H,3-4,6-8H2,1-2H3,(H2,17,18,19). The first-order valence-corrected chi connectivity index (χ1v) is 9.27. The molecule has 0 bridgehead atoms. The lowest BCUT2D eigenvalue weighted by molar-refractivity contribution is 0.315. The maximum atomic E-state index is 4.36. The predicted octanol–water partition coefficient (Wildman–Crippen LogP) is 2.66. The lowest BCUT2D eigenvalue weighted by Crippen LogP contribution is -2.46. The van der Waals surface area contributed by atoms with Crippen LogP contribution in [0.4, 0.5) is 0 Å². The summed E-state index contributed by atoms with van der Waals surface area (Å²) in [6.07, 6.45) is 2.78. The fourth-order valence-electron chi connectivity index (χ4n) is 2.92. The minimum Gasteiger partial charge on any atom is -0.352 e. The van der Waals surface area contributed by atoms with Gasteiger partial charge >= 0.3 is 0 Å². The number of hydrogen-bond donors (Lipinski definition) is 2. The van der Waals surface area contributed by atoms with Crippen LogP contribution in [-0.4, -0.2) is 43.1 Å². The van der Waals surface area contributed by atoms with Crippen LogP contribution in [0.2, 0.25) is 0 Å². The van der Waals surface area contributed by atoms with Crippen LogP contribution in [0.25, 0.3) is 0 Å². The smallest absolute Gasteiger partial charge is 0.191 e. The van der Waals surface area contributed by atoms with E-state index in [1.54, 1.807) is 11.3 Å². The van der Waals surface area contributed by atoms with E-state index in [2.05, 4.69) is 54.8 Å². The zero-order valence-corrected chi connectivity index (χ0v) is 15.0. The number of halogens is 1. The predicted molar refractivity (Wildman–Crippen MR) is 92.9 cm³/mol. The van der Waals surface area contributed by atoms with Crippen molar-refractivity contribution in [3.8, 4) is 0 Å². The number of guanidine groups is 1. The zero-order valence-electron chi connectivity index (χ0n) is 12.6. The molecular formula is C15H23BrN4S. The van der Waals surface area contributed by atoms with E-state index in [0.717, 1.165) is 25.1 Å². The van der Waals surface area contributed by atoms with E-state index in [1.807, 2.05) is 7.05 Å². The van der Waals surface area contributed by atoms with Gasteiger partial charge in [0.05, 0.1) is 3.79 Å². The van der Waals surface area contributed by atoms with Gasteiger partial charge in [0.25, 0.3) is 0 Å². The second-order valence-electron chi connectivity index (χ2n) is 6.10. The van der Waals surface area contributed by atoms with E-state index in [9.17, 15) is 0 Å². The molecule has 1 saturated heterocycles. The Bertz CT molecular complexity index is 512. The van der Waals surface area contributed by atoms with E-state index in [4.69, 9.17) is 0 Å². The van der Waals surface area contributed by atoms with E-state index in [-0.39, 0.29) is 0 Å². The van der Waals surface area contributed by atoms with Gasteiger partial charge in [-0.3, -0.25) is 9.89 Å². The van der Waals surface area contributed by atoms with Gasteiger partial charge in [-0.05, 0) is 51.7 Å². The molecule has 0 aromatic carbocycles. The molecule has 2 fully saturated rings. The Morgan fingerprint density at radius 3 is 2.90 bits per heavy atom. The van der Waals surface area contributed by atoms with Gasteiger partial charge in [0, 0.05) is 38.8 Å². The van der Waals surface area contributed by atoms with Gasteiger partial charge in [0.2, 0.25) is 0 Å². The molecule has 2 N–H and O–H groups in total. The first-order valence-electron chi connectivity index (χ1n) is 7.60. The second-order valence-corrected chi connectivity index (χ2v) is 8.39. The fourth-order valence-corrected chi connectivity index (χ4v) is 4.13. The Balaban J connectivity index is 1.50. The Morgan fingerprint density at radius 1 is 1.48 bits per heavy atom.